The summed E-state index contributed by atoms with van der Waals surface area (Å²) in [7, 11) is 0. The summed E-state index contributed by atoms with van der Waals surface area (Å²) in [6.07, 6.45) is 2.69. The predicted molar refractivity (Wildman–Crippen MR) is 119 cm³/mol. The average Bonchev–Trinajstić information content (AvgIpc) is 3.25. The Kier molecular flexibility index (Phi) is 5.57. The van der Waals surface area contributed by atoms with Crippen LogP contribution in [0.3, 0.4) is 0 Å². The van der Waals surface area contributed by atoms with Crippen molar-refractivity contribution in [2.24, 2.45) is 0 Å². The third kappa shape index (κ3) is 3.94. The molecular weight excluding hydrogens is 465 g/mol. The Morgan fingerprint density at radius 3 is 2.74 bits per heavy atom. The third-order valence-corrected chi connectivity index (χ3v) is 6.30. The summed E-state index contributed by atoms with van der Waals surface area (Å²) in [6.45, 7) is 3.65. The number of hydrogen-bond donors (Lipinski definition) is 0. The first-order chi connectivity index (χ1) is 16.7. The standard InChI is InChI=1S/C24H23F3N4O4/c1-14-11-29(13-28-14)17-4-5-18-23(33)30(8-9-31(18)22(17)32)15(2)12-35-19-6-3-16(25)21-20(19)24(26,27)7-10-34-21/h3-6,11,13,15H,7-10,12H2,1-2H3/t15-/m0/s1. The lowest BCUT2D eigenvalue weighted by Crippen LogP contribution is -2.50. The zero-order valence-corrected chi connectivity index (χ0v) is 19.1. The van der Waals surface area contributed by atoms with E-state index in [4.69, 9.17) is 9.47 Å². The largest absolute Gasteiger partial charge is 0.491 e. The first-order valence-electron chi connectivity index (χ1n) is 11.2. The van der Waals surface area contributed by atoms with Gasteiger partial charge in [0.05, 0.1) is 31.1 Å². The molecule has 2 aromatic heterocycles. The Hall–Kier alpha value is -3.76. The van der Waals surface area contributed by atoms with Crippen molar-refractivity contribution in [1.29, 1.82) is 0 Å². The number of nitrogens with zero attached hydrogens (tertiary/aromatic N) is 4. The molecule has 0 saturated carbocycles. The van der Waals surface area contributed by atoms with Gasteiger partial charge < -0.3 is 23.5 Å². The smallest absolute Gasteiger partial charge is 0.283 e. The second-order valence-corrected chi connectivity index (χ2v) is 8.69. The molecule has 0 saturated heterocycles. The zero-order valence-electron chi connectivity index (χ0n) is 19.1. The minimum atomic E-state index is -3.29. The highest BCUT2D eigenvalue weighted by Crippen LogP contribution is 2.47. The maximum absolute atomic E-state index is 14.5. The number of alkyl halides is 2. The SMILES string of the molecule is Cc1cn(-c2ccc3n(c2=O)CCN([C@@H](C)COc2ccc(F)c4c2C(F)(F)CCO4)C3=O)cn1. The van der Waals surface area contributed by atoms with E-state index in [1.165, 1.54) is 15.8 Å². The summed E-state index contributed by atoms with van der Waals surface area (Å²) in [4.78, 5) is 31.8. The highest BCUT2D eigenvalue weighted by Gasteiger charge is 2.43. The second kappa shape index (κ2) is 8.47. The van der Waals surface area contributed by atoms with Crippen LogP contribution >= 0.6 is 0 Å². The number of aromatic nitrogens is 3. The normalized spacial score (nSPS) is 17.4. The van der Waals surface area contributed by atoms with Crippen LogP contribution in [0.15, 0.2) is 41.6 Å². The molecule has 0 radical (unpaired) electrons. The van der Waals surface area contributed by atoms with Gasteiger partial charge in [-0.3, -0.25) is 9.59 Å². The van der Waals surface area contributed by atoms with Gasteiger partial charge in [-0.05, 0) is 38.1 Å². The molecule has 35 heavy (non-hydrogen) atoms. The first-order valence-corrected chi connectivity index (χ1v) is 11.2. The first kappa shape index (κ1) is 23.0. The maximum Gasteiger partial charge on any atom is 0.283 e. The average molecular weight is 488 g/mol. The van der Waals surface area contributed by atoms with Crippen molar-refractivity contribution in [2.75, 3.05) is 19.8 Å². The number of pyridine rings is 1. The highest BCUT2D eigenvalue weighted by atomic mass is 19.3. The molecule has 1 atom stereocenters. The number of hydrogen-bond acceptors (Lipinski definition) is 5. The van der Waals surface area contributed by atoms with Crippen LogP contribution in [-0.4, -0.2) is 50.7 Å². The topological polar surface area (TPSA) is 78.6 Å². The molecule has 4 heterocycles. The summed E-state index contributed by atoms with van der Waals surface area (Å²) in [6, 6.07) is 4.83. The van der Waals surface area contributed by atoms with E-state index >= 15 is 0 Å². The highest BCUT2D eigenvalue weighted by molar-refractivity contribution is 5.93. The fourth-order valence-electron chi connectivity index (χ4n) is 4.46. The van der Waals surface area contributed by atoms with Crippen LogP contribution in [0.2, 0.25) is 0 Å². The Morgan fingerprint density at radius 1 is 1.20 bits per heavy atom. The van der Waals surface area contributed by atoms with Crippen LogP contribution in [-0.2, 0) is 12.5 Å². The van der Waals surface area contributed by atoms with Gasteiger partial charge in [-0.25, -0.2) is 18.2 Å². The van der Waals surface area contributed by atoms with Crippen LogP contribution in [0.25, 0.3) is 5.69 Å². The van der Waals surface area contributed by atoms with E-state index in [1.54, 1.807) is 29.8 Å². The number of benzene rings is 1. The van der Waals surface area contributed by atoms with Gasteiger partial charge in [0, 0.05) is 19.3 Å². The van der Waals surface area contributed by atoms with Gasteiger partial charge in [0.2, 0.25) is 0 Å². The summed E-state index contributed by atoms with van der Waals surface area (Å²) in [5.74, 6) is -5.22. The van der Waals surface area contributed by atoms with Crippen molar-refractivity contribution in [2.45, 2.75) is 38.8 Å². The maximum atomic E-state index is 14.5. The molecule has 0 unspecified atom stereocenters. The fraction of sp³-hybridized carbons (Fsp3) is 0.375. The van der Waals surface area contributed by atoms with E-state index in [2.05, 4.69) is 4.98 Å². The van der Waals surface area contributed by atoms with Gasteiger partial charge >= 0.3 is 0 Å². The molecular formula is C24H23F3N4O4. The number of aryl methyl sites for hydroxylation is 1. The van der Waals surface area contributed by atoms with Crippen LogP contribution in [0, 0.1) is 12.7 Å². The van der Waals surface area contributed by atoms with Crippen LogP contribution in [0.1, 0.15) is 35.1 Å². The number of fused-ring (bicyclic) bond motifs is 2. The van der Waals surface area contributed by atoms with E-state index in [1.807, 2.05) is 6.92 Å². The molecule has 5 rings (SSSR count). The number of amides is 1. The molecule has 0 aliphatic carbocycles. The minimum Gasteiger partial charge on any atom is -0.491 e. The molecule has 2 aliphatic rings. The van der Waals surface area contributed by atoms with Crippen molar-refractivity contribution >= 4 is 5.91 Å². The van der Waals surface area contributed by atoms with Crippen molar-refractivity contribution in [3.05, 3.63) is 69.9 Å². The Balaban J connectivity index is 1.35. The van der Waals surface area contributed by atoms with E-state index < -0.39 is 35.5 Å². The van der Waals surface area contributed by atoms with Gasteiger partial charge in [-0.1, -0.05) is 0 Å². The molecule has 1 amide bonds. The quantitative estimate of drug-likeness (QED) is 0.551. The third-order valence-electron chi connectivity index (χ3n) is 6.30. The van der Waals surface area contributed by atoms with Crippen LogP contribution in [0.4, 0.5) is 13.2 Å². The van der Waals surface area contributed by atoms with Gasteiger partial charge in [-0.2, -0.15) is 0 Å². The van der Waals surface area contributed by atoms with Gasteiger partial charge in [0.25, 0.3) is 17.4 Å². The van der Waals surface area contributed by atoms with Crippen molar-refractivity contribution in [3.63, 3.8) is 0 Å². The minimum absolute atomic E-state index is 0.101. The number of carbonyl (C=O) groups is 1. The lowest BCUT2D eigenvalue weighted by atomic mass is 10.0. The summed E-state index contributed by atoms with van der Waals surface area (Å²) < 4.78 is 56.9. The Bertz CT molecular complexity index is 1370. The summed E-state index contributed by atoms with van der Waals surface area (Å²) in [5, 5.41) is 0. The molecule has 0 bridgehead atoms. The number of rotatable bonds is 5. The molecule has 0 N–H and O–H groups in total. The second-order valence-electron chi connectivity index (χ2n) is 8.69. The van der Waals surface area contributed by atoms with E-state index in [0.717, 1.165) is 17.8 Å². The van der Waals surface area contributed by atoms with Gasteiger partial charge in [0.15, 0.2) is 11.6 Å². The fourth-order valence-corrected chi connectivity index (χ4v) is 4.46. The van der Waals surface area contributed by atoms with Crippen molar-refractivity contribution in [1.82, 2.24) is 19.0 Å². The molecule has 1 aromatic carbocycles. The van der Waals surface area contributed by atoms with Crippen LogP contribution in [0.5, 0.6) is 11.5 Å². The van der Waals surface area contributed by atoms with Gasteiger partial charge in [0.1, 0.15) is 29.3 Å². The molecule has 8 nitrogen and oxygen atoms in total. The molecule has 11 heteroatoms. The van der Waals surface area contributed by atoms with E-state index in [-0.39, 0.29) is 49.2 Å². The zero-order chi connectivity index (χ0) is 24.9. The van der Waals surface area contributed by atoms with E-state index in [0.29, 0.717) is 5.69 Å². The molecule has 2 aliphatic heterocycles. The molecule has 184 valence electrons. The monoisotopic (exact) mass is 488 g/mol. The van der Waals surface area contributed by atoms with Crippen molar-refractivity contribution < 1.29 is 27.4 Å². The number of halogens is 3. The lowest BCUT2D eigenvalue weighted by molar-refractivity contribution is -0.0445. The number of imidazole rings is 1. The summed E-state index contributed by atoms with van der Waals surface area (Å²) in [5.41, 5.74) is 0.455. The van der Waals surface area contributed by atoms with Crippen LogP contribution < -0.4 is 15.0 Å². The number of carbonyl (C=O) groups excluding carboxylic acids is 1. The molecule has 0 fully saturated rings. The molecule has 0 spiro atoms. The Labute approximate surface area is 198 Å². The van der Waals surface area contributed by atoms with E-state index in [9.17, 15) is 22.8 Å². The number of ether oxygens (including phenoxy) is 2. The summed E-state index contributed by atoms with van der Waals surface area (Å²) >= 11 is 0. The molecule has 3 aromatic rings. The lowest BCUT2D eigenvalue weighted by Gasteiger charge is -2.34. The van der Waals surface area contributed by atoms with Gasteiger partial charge in [-0.15, -0.1) is 0 Å². The Morgan fingerprint density at radius 2 is 2.00 bits per heavy atom. The predicted octanol–water partition coefficient (Wildman–Crippen LogP) is 3.28. The van der Waals surface area contributed by atoms with Crippen molar-refractivity contribution in [3.8, 4) is 17.2 Å².